The molecule has 1 amide bonds. The van der Waals surface area contributed by atoms with Crippen LogP contribution >= 0.6 is 0 Å². The van der Waals surface area contributed by atoms with Crippen LogP contribution in [0.2, 0.25) is 0 Å². The molecule has 200 valence electrons. The van der Waals surface area contributed by atoms with Gasteiger partial charge in [-0.25, -0.2) is 9.97 Å². The van der Waals surface area contributed by atoms with E-state index in [-0.39, 0.29) is 6.10 Å². The molecule has 0 unspecified atom stereocenters. The first-order chi connectivity index (χ1) is 19.2. The minimum Gasteiger partial charge on any atom is -0.487 e. The molecule has 0 saturated carbocycles. The Morgan fingerprint density at radius 3 is 2.56 bits per heavy atom. The molecular formula is C29H31N7O3. The topological polar surface area (TPSA) is 107 Å². The summed E-state index contributed by atoms with van der Waals surface area (Å²) in [5, 5.41) is 13.1. The van der Waals surface area contributed by atoms with Crippen molar-refractivity contribution < 1.29 is 14.3 Å². The standard InChI is InChI=1S/C29H31N7O3/c30-16-22-15-21(1-6-27(22)39-26-8-10-34(17-26)20-37)29-31-9-7-28(33-29)32-23-2-4-24(5-3-23)35-11-13-36(14-12-35)25-18-38-19-25/h1-7,9,15,20,25-26H,8,10-14,17-19H2,(H,31,32,33)/t26-/m1/s1. The molecule has 0 aliphatic carbocycles. The van der Waals surface area contributed by atoms with Crippen molar-refractivity contribution in [1.82, 2.24) is 19.8 Å². The third kappa shape index (κ3) is 5.65. The van der Waals surface area contributed by atoms with Crippen molar-refractivity contribution in [3.63, 3.8) is 0 Å². The molecule has 0 radical (unpaired) electrons. The number of carbonyl (C=O) groups excluding carboxylic acids is 1. The van der Waals surface area contributed by atoms with Crippen molar-refractivity contribution in [2.75, 3.05) is 62.7 Å². The molecule has 1 N–H and O–H groups in total. The third-order valence-corrected chi connectivity index (χ3v) is 7.59. The van der Waals surface area contributed by atoms with Crippen molar-refractivity contribution in [3.05, 3.63) is 60.3 Å². The van der Waals surface area contributed by atoms with Gasteiger partial charge in [0.1, 0.15) is 23.7 Å². The van der Waals surface area contributed by atoms with Crippen LogP contribution < -0.4 is 15.0 Å². The highest BCUT2D eigenvalue weighted by Crippen LogP contribution is 2.28. The summed E-state index contributed by atoms with van der Waals surface area (Å²) in [7, 11) is 0. The lowest BCUT2D eigenvalue weighted by Gasteiger charge is -2.43. The van der Waals surface area contributed by atoms with Gasteiger partial charge in [0, 0.05) is 62.3 Å². The van der Waals surface area contributed by atoms with Gasteiger partial charge >= 0.3 is 0 Å². The second-order valence-electron chi connectivity index (χ2n) is 10.1. The number of ether oxygens (including phenoxy) is 2. The Kier molecular flexibility index (Phi) is 7.25. The highest BCUT2D eigenvalue weighted by Gasteiger charge is 2.29. The van der Waals surface area contributed by atoms with Crippen molar-refractivity contribution >= 4 is 23.6 Å². The van der Waals surface area contributed by atoms with Gasteiger partial charge in [0.15, 0.2) is 5.82 Å². The lowest BCUT2D eigenvalue weighted by atomic mass is 10.1. The summed E-state index contributed by atoms with van der Waals surface area (Å²) in [6, 6.07) is 18.4. The van der Waals surface area contributed by atoms with E-state index in [1.54, 1.807) is 23.2 Å². The summed E-state index contributed by atoms with van der Waals surface area (Å²) in [6.07, 6.45) is 3.17. The fourth-order valence-corrected chi connectivity index (χ4v) is 5.23. The number of piperazine rings is 1. The van der Waals surface area contributed by atoms with Crippen LogP contribution in [0.25, 0.3) is 11.4 Å². The summed E-state index contributed by atoms with van der Waals surface area (Å²) < 4.78 is 11.4. The minimum atomic E-state index is -0.115. The third-order valence-electron chi connectivity index (χ3n) is 7.59. The Labute approximate surface area is 227 Å². The Balaban J connectivity index is 1.09. The van der Waals surface area contributed by atoms with Gasteiger partial charge in [-0.2, -0.15) is 5.26 Å². The van der Waals surface area contributed by atoms with Crippen molar-refractivity contribution in [1.29, 1.82) is 5.26 Å². The fraction of sp³-hybridized carbons (Fsp3) is 0.379. The van der Waals surface area contributed by atoms with E-state index in [4.69, 9.17) is 9.47 Å². The largest absolute Gasteiger partial charge is 0.487 e. The molecular weight excluding hydrogens is 494 g/mol. The molecule has 3 fully saturated rings. The molecule has 3 aliphatic heterocycles. The zero-order valence-corrected chi connectivity index (χ0v) is 21.7. The first-order valence-electron chi connectivity index (χ1n) is 13.4. The van der Waals surface area contributed by atoms with Gasteiger partial charge in [0.05, 0.1) is 31.4 Å². The number of hydrogen-bond acceptors (Lipinski definition) is 9. The second-order valence-corrected chi connectivity index (χ2v) is 10.1. The van der Waals surface area contributed by atoms with Crippen molar-refractivity contribution in [2.45, 2.75) is 18.6 Å². The average Bonchev–Trinajstić information content (AvgIpc) is 3.41. The number of carbonyl (C=O) groups is 1. The molecule has 3 aliphatic rings. The molecule has 0 spiro atoms. The predicted molar refractivity (Wildman–Crippen MR) is 147 cm³/mol. The van der Waals surface area contributed by atoms with Crippen LogP contribution in [0.15, 0.2) is 54.7 Å². The number of nitrogens with zero attached hydrogens (tertiary/aromatic N) is 6. The molecule has 1 aromatic heterocycles. The van der Waals surface area contributed by atoms with Crippen molar-refractivity contribution in [2.24, 2.45) is 0 Å². The number of hydrogen-bond donors (Lipinski definition) is 1. The number of amides is 1. The number of aromatic nitrogens is 2. The maximum atomic E-state index is 11.0. The smallest absolute Gasteiger partial charge is 0.209 e. The van der Waals surface area contributed by atoms with E-state index in [1.807, 2.05) is 12.1 Å². The van der Waals surface area contributed by atoms with Gasteiger partial charge < -0.3 is 24.6 Å². The minimum absolute atomic E-state index is 0.115. The highest BCUT2D eigenvalue weighted by atomic mass is 16.5. The maximum Gasteiger partial charge on any atom is 0.209 e. The molecule has 10 nitrogen and oxygen atoms in total. The molecule has 10 heteroatoms. The molecule has 0 bridgehead atoms. The van der Waals surface area contributed by atoms with E-state index in [1.165, 1.54) is 5.69 Å². The first-order valence-corrected chi connectivity index (χ1v) is 13.4. The SMILES string of the molecule is N#Cc1cc(-c2nccc(Nc3ccc(N4CCN(C5COC5)CC4)cc3)n2)ccc1O[C@@H]1CCN(C=O)C1. The Bertz CT molecular complexity index is 1350. The fourth-order valence-electron chi connectivity index (χ4n) is 5.23. The van der Waals surface area contributed by atoms with Crippen LogP contribution in [-0.2, 0) is 9.53 Å². The molecule has 3 saturated heterocycles. The van der Waals surface area contributed by atoms with E-state index in [9.17, 15) is 10.1 Å². The van der Waals surface area contributed by atoms with Crippen molar-refractivity contribution in [3.8, 4) is 23.2 Å². The quantitative estimate of drug-likeness (QED) is 0.444. The number of benzene rings is 2. The van der Waals surface area contributed by atoms with Gasteiger partial charge in [-0.15, -0.1) is 0 Å². The van der Waals surface area contributed by atoms with Gasteiger partial charge in [0.2, 0.25) is 6.41 Å². The Morgan fingerprint density at radius 2 is 1.87 bits per heavy atom. The highest BCUT2D eigenvalue weighted by molar-refractivity contribution is 5.65. The van der Waals surface area contributed by atoms with Crippen LogP contribution in [-0.4, -0.2) is 90.8 Å². The van der Waals surface area contributed by atoms with Crippen LogP contribution in [0, 0.1) is 11.3 Å². The molecule has 3 aromatic rings. The van der Waals surface area contributed by atoms with Gasteiger partial charge in [0.25, 0.3) is 0 Å². The monoisotopic (exact) mass is 525 g/mol. The summed E-state index contributed by atoms with van der Waals surface area (Å²) in [5.41, 5.74) is 3.30. The zero-order chi connectivity index (χ0) is 26.6. The number of likely N-dealkylation sites (tertiary alicyclic amines) is 1. The molecule has 1 atom stereocenters. The molecule has 39 heavy (non-hydrogen) atoms. The predicted octanol–water partition coefficient (Wildman–Crippen LogP) is 2.89. The normalized spacial score (nSPS) is 19.8. The second kappa shape index (κ2) is 11.3. The van der Waals surface area contributed by atoms with Crippen LogP contribution in [0.1, 0.15) is 12.0 Å². The van der Waals surface area contributed by atoms with Gasteiger partial charge in [-0.1, -0.05) is 0 Å². The van der Waals surface area contributed by atoms with Crippen LogP contribution in [0.3, 0.4) is 0 Å². The summed E-state index contributed by atoms with van der Waals surface area (Å²) >= 11 is 0. The molecule has 6 rings (SSSR count). The number of nitriles is 1. The van der Waals surface area contributed by atoms with E-state index in [0.29, 0.717) is 42.1 Å². The van der Waals surface area contributed by atoms with Crippen LogP contribution in [0.4, 0.5) is 17.2 Å². The average molecular weight is 526 g/mol. The molecule has 4 heterocycles. The Morgan fingerprint density at radius 1 is 1.05 bits per heavy atom. The number of rotatable bonds is 8. The Hall–Kier alpha value is -4.20. The van der Waals surface area contributed by atoms with Gasteiger partial charge in [-0.3, -0.25) is 9.69 Å². The number of anilines is 3. The zero-order valence-electron chi connectivity index (χ0n) is 21.7. The summed E-state index contributed by atoms with van der Waals surface area (Å²) in [5.74, 6) is 1.69. The summed E-state index contributed by atoms with van der Waals surface area (Å²) in [6.45, 7) is 7.10. The molecule has 2 aromatic carbocycles. The lowest BCUT2D eigenvalue weighted by molar-refractivity contribution is -0.117. The van der Waals surface area contributed by atoms with E-state index < -0.39 is 0 Å². The van der Waals surface area contributed by atoms with Gasteiger partial charge in [-0.05, 0) is 48.5 Å². The lowest BCUT2D eigenvalue weighted by Crippen LogP contribution is -2.56. The number of nitrogens with one attached hydrogen (secondary N) is 1. The van der Waals surface area contributed by atoms with Crippen LogP contribution in [0.5, 0.6) is 5.75 Å². The first kappa shape index (κ1) is 25.1. The van der Waals surface area contributed by atoms with E-state index in [2.05, 4.69) is 55.4 Å². The van der Waals surface area contributed by atoms with E-state index in [0.717, 1.165) is 63.5 Å². The van der Waals surface area contributed by atoms with E-state index >= 15 is 0 Å². The maximum absolute atomic E-state index is 11.0. The summed E-state index contributed by atoms with van der Waals surface area (Å²) in [4.78, 5) is 26.7.